The van der Waals surface area contributed by atoms with Crippen LogP contribution in [0.5, 0.6) is 5.75 Å². The Bertz CT molecular complexity index is 537. The first kappa shape index (κ1) is 11.8. The van der Waals surface area contributed by atoms with Gasteiger partial charge in [0.05, 0.1) is 12.3 Å². The number of hydrogen-bond donors (Lipinski definition) is 2. The maximum Gasteiger partial charge on any atom is 0.145 e. The molecule has 1 heterocycles. The van der Waals surface area contributed by atoms with Gasteiger partial charge in [0.15, 0.2) is 0 Å². The van der Waals surface area contributed by atoms with Crippen LogP contribution in [0.15, 0.2) is 18.2 Å². The maximum absolute atomic E-state index is 6.06. The van der Waals surface area contributed by atoms with E-state index in [0.717, 1.165) is 22.6 Å². The van der Waals surface area contributed by atoms with Crippen molar-refractivity contribution in [2.45, 2.75) is 13.8 Å². The number of halogens is 1. The Labute approximate surface area is 105 Å². The minimum atomic E-state index is 0.445. The van der Waals surface area contributed by atoms with Crippen molar-refractivity contribution in [3.63, 3.8) is 0 Å². The molecule has 90 valence electrons. The van der Waals surface area contributed by atoms with Gasteiger partial charge in [0.1, 0.15) is 11.6 Å². The van der Waals surface area contributed by atoms with Crippen molar-refractivity contribution in [1.29, 1.82) is 0 Å². The second-order valence-electron chi connectivity index (χ2n) is 3.74. The van der Waals surface area contributed by atoms with E-state index in [2.05, 4.69) is 10.2 Å². The Morgan fingerprint density at radius 2 is 2.18 bits per heavy atom. The second kappa shape index (κ2) is 4.67. The van der Waals surface area contributed by atoms with Crippen molar-refractivity contribution >= 4 is 17.4 Å². The molecule has 1 aromatic heterocycles. The van der Waals surface area contributed by atoms with Gasteiger partial charge in [-0.3, -0.25) is 5.10 Å². The van der Waals surface area contributed by atoms with Gasteiger partial charge in [-0.2, -0.15) is 5.10 Å². The first-order valence-electron chi connectivity index (χ1n) is 5.36. The Balaban J connectivity index is 2.58. The van der Waals surface area contributed by atoms with E-state index in [1.165, 1.54) is 0 Å². The van der Waals surface area contributed by atoms with Crippen LogP contribution in [0.4, 0.5) is 5.82 Å². The number of hydrogen-bond acceptors (Lipinski definition) is 3. The summed E-state index contributed by atoms with van der Waals surface area (Å²) in [6.07, 6.45) is 0. The number of aromatic nitrogens is 2. The Morgan fingerprint density at radius 3 is 2.76 bits per heavy atom. The normalized spacial score (nSPS) is 10.5. The number of nitrogens with one attached hydrogen (secondary N) is 1. The molecule has 0 aliphatic carbocycles. The summed E-state index contributed by atoms with van der Waals surface area (Å²) in [5.41, 5.74) is 8.27. The van der Waals surface area contributed by atoms with Crippen LogP contribution >= 0.6 is 11.6 Å². The molecule has 0 fully saturated rings. The second-order valence-corrected chi connectivity index (χ2v) is 4.18. The van der Waals surface area contributed by atoms with Gasteiger partial charge in [0.2, 0.25) is 0 Å². The summed E-state index contributed by atoms with van der Waals surface area (Å²) in [6, 6.07) is 5.47. The third-order valence-electron chi connectivity index (χ3n) is 2.42. The van der Waals surface area contributed by atoms with Gasteiger partial charge in [-0.1, -0.05) is 11.6 Å². The van der Waals surface area contributed by atoms with E-state index in [-0.39, 0.29) is 0 Å². The summed E-state index contributed by atoms with van der Waals surface area (Å²) >= 11 is 6.06. The molecule has 0 saturated heterocycles. The van der Waals surface area contributed by atoms with E-state index in [4.69, 9.17) is 22.1 Å². The van der Waals surface area contributed by atoms with Crippen molar-refractivity contribution in [2.75, 3.05) is 12.3 Å². The van der Waals surface area contributed by atoms with E-state index in [1.807, 2.05) is 26.0 Å². The molecule has 1 aromatic carbocycles. The number of rotatable bonds is 3. The van der Waals surface area contributed by atoms with Crippen molar-refractivity contribution in [3.8, 4) is 17.0 Å². The summed E-state index contributed by atoms with van der Waals surface area (Å²) in [4.78, 5) is 0. The van der Waals surface area contributed by atoms with E-state index in [9.17, 15) is 0 Å². The molecule has 2 aromatic rings. The third-order valence-corrected chi connectivity index (χ3v) is 2.63. The minimum Gasteiger partial charge on any atom is -0.493 e. The van der Waals surface area contributed by atoms with Crippen LogP contribution in [0.1, 0.15) is 12.5 Å². The number of nitrogens with zero attached hydrogens (tertiary/aromatic N) is 1. The SMILES string of the molecule is CCOc1c(C)cc(Cl)cc1-c1cc(N)n[nH]1. The van der Waals surface area contributed by atoms with Crippen molar-refractivity contribution in [3.05, 3.63) is 28.8 Å². The van der Waals surface area contributed by atoms with Crippen LogP contribution in [0.25, 0.3) is 11.3 Å². The van der Waals surface area contributed by atoms with Gasteiger partial charge in [0, 0.05) is 16.7 Å². The van der Waals surface area contributed by atoms with Crippen LogP contribution in [-0.2, 0) is 0 Å². The predicted molar refractivity (Wildman–Crippen MR) is 69.4 cm³/mol. The highest BCUT2D eigenvalue weighted by molar-refractivity contribution is 6.31. The first-order valence-corrected chi connectivity index (χ1v) is 5.73. The van der Waals surface area contributed by atoms with Gasteiger partial charge < -0.3 is 10.5 Å². The zero-order valence-corrected chi connectivity index (χ0v) is 10.5. The molecule has 4 nitrogen and oxygen atoms in total. The average molecular weight is 252 g/mol. The zero-order chi connectivity index (χ0) is 12.4. The van der Waals surface area contributed by atoms with E-state index < -0.39 is 0 Å². The number of ether oxygens (including phenoxy) is 1. The third kappa shape index (κ3) is 2.36. The molecule has 0 atom stereocenters. The molecule has 0 amide bonds. The van der Waals surface area contributed by atoms with Gasteiger partial charge >= 0.3 is 0 Å². The van der Waals surface area contributed by atoms with E-state index in [0.29, 0.717) is 17.4 Å². The molecule has 17 heavy (non-hydrogen) atoms. The van der Waals surface area contributed by atoms with Crippen molar-refractivity contribution in [1.82, 2.24) is 10.2 Å². The summed E-state index contributed by atoms with van der Waals surface area (Å²) in [7, 11) is 0. The van der Waals surface area contributed by atoms with Gasteiger partial charge in [-0.05, 0) is 31.5 Å². The number of benzene rings is 1. The summed E-state index contributed by atoms with van der Waals surface area (Å²) in [5.74, 6) is 1.25. The fraction of sp³-hybridized carbons (Fsp3) is 0.250. The highest BCUT2D eigenvalue weighted by Gasteiger charge is 2.12. The Morgan fingerprint density at radius 1 is 1.41 bits per heavy atom. The fourth-order valence-electron chi connectivity index (χ4n) is 1.74. The summed E-state index contributed by atoms with van der Waals surface area (Å²) in [6.45, 7) is 4.50. The minimum absolute atomic E-state index is 0.445. The Hall–Kier alpha value is -1.68. The molecule has 0 aliphatic heterocycles. The van der Waals surface area contributed by atoms with Crippen LogP contribution in [0.2, 0.25) is 5.02 Å². The van der Waals surface area contributed by atoms with Gasteiger partial charge in [0.25, 0.3) is 0 Å². The number of aromatic amines is 1. The summed E-state index contributed by atoms with van der Waals surface area (Å²) < 4.78 is 5.64. The highest BCUT2D eigenvalue weighted by atomic mass is 35.5. The largest absolute Gasteiger partial charge is 0.493 e. The summed E-state index contributed by atoms with van der Waals surface area (Å²) in [5, 5.41) is 7.43. The molecule has 0 saturated carbocycles. The van der Waals surface area contributed by atoms with Crippen LogP contribution in [0.3, 0.4) is 0 Å². The molecular weight excluding hydrogens is 238 g/mol. The quantitative estimate of drug-likeness (QED) is 0.881. The van der Waals surface area contributed by atoms with Crippen molar-refractivity contribution in [2.24, 2.45) is 0 Å². The molecule has 3 N–H and O–H groups in total. The molecule has 0 unspecified atom stereocenters. The lowest BCUT2D eigenvalue weighted by atomic mass is 10.1. The smallest absolute Gasteiger partial charge is 0.145 e. The molecule has 5 heteroatoms. The zero-order valence-electron chi connectivity index (χ0n) is 9.75. The van der Waals surface area contributed by atoms with Crippen LogP contribution in [-0.4, -0.2) is 16.8 Å². The number of H-pyrrole nitrogens is 1. The van der Waals surface area contributed by atoms with E-state index >= 15 is 0 Å². The lowest BCUT2D eigenvalue weighted by Crippen LogP contribution is -1.97. The standard InChI is InChI=1S/C12H14ClN3O/c1-3-17-12-7(2)4-8(13)5-9(12)10-6-11(14)16-15-10/h4-6H,3H2,1-2H3,(H3,14,15,16). The van der Waals surface area contributed by atoms with Crippen LogP contribution in [0, 0.1) is 6.92 Å². The van der Waals surface area contributed by atoms with Gasteiger partial charge in [-0.15, -0.1) is 0 Å². The van der Waals surface area contributed by atoms with Crippen molar-refractivity contribution < 1.29 is 4.74 Å². The van der Waals surface area contributed by atoms with Crippen LogP contribution < -0.4 is 10.5 Å². The maximum atomic E-state index is 6.06. The topological polar surface area (TPSA) is 63.9 Å². The molecular formula is C12H14ClN3O. The first-order chi connectivity index (χ1) is 8.11. The predicted octanol–water partition coefficient (Wildman–Crippen LogP) is 3.02. The molecule has 0 aliphatic rings. The molecule has 0 spiro atoms. The van der Waals surface area contributed by atoms with E-state index in [1.54, 1.807) is 6.07 Å². The lowest BCUT2D eigenvalue weighted by molar-refractivity contribution is 0.339. The number of nitrogens with two attached hydrogens (primary N) is 1. The molecule has 0 bridgehead atoms. The molecule has 2 rings (SSSR count). The number of aryl methyl sites for hydroxylation is 1. The monoisotopic (exact) mass is 251 g/mol. The highest BCUT2D eigenvalue weighted by Crippen LogP contribution is 2.35. The molecule has 0 radical (unpaired) electrons. The van der Waals surface area contributed by atoms with Gasteiger partial charge in [-0.25, -0.2) is 0 Å². The number of nitrogen functional groups attached to an aromatic ring is 1. The average Bonchev–Trinajstić information content (AvgIpc) is 2.68. The fourth-order valence-corrected chi connectivity index (χ4v) is 2.01. The number of anilines is 1. The lowest BCUT2D eigenvalue weighted by Gasteiger charge is -2.12. The Kier molecular flexibility index (Phi) is 3.24.